The summed E-state index contributed by atoms with van der Waals surface area (Å²) < 4.78 is 32.7. The van der Waals surface area contributed by atoms with E-state index in [1.165, 1.54) is 6.42 Å². The molecule has 152 valence electrons. The van der Waals surface area contributed by atoms with E-state index in [4.69, 9.17) is 4.74 Å². The molecule has 0 N–H and O–H groups in total. The van der Waals surface area contributed by atoms with Crippen LogP contribution in [-0.2, 0) is 14.8 Å². The molecule has 1 aliphatic heterocycles. The number of hydrogen-bond donors (Lipinski definition) is 0. The molecular formula is C21H34N2O3S. The first-order chi connectivity index (χ1) is 13.0. The smallest absolute Gasteiger partial charge is 0.243 e. The lowest BCUT2D eigenvalue weighted by Gasteiger charge is -2.30. The molecule has 27 heavy (non-hydrogen) atoms. The van der Waals surface area contributed by atoms with Crippen molar-refractivity contribution in [3.8, 4) is 0 Å². The van der Waals surface area contributed by atoms with Crippen LogP contribution in [0.15, 0.2) is 35.4 Å². The zero-order valence-corrected chi connectivity index (χ0v) is 18.3. The molecule has 0 unspecified atom stereocenters. The second-order valence-electron chi connectivity index (χ2n) is 6.31. The van der Waals surface area contributed by atoms with E-state index in [1.54, 1.807) is 23.7 Å². The van der Waals surface area contributed by atoms with Crippen LogP contribution in [-0.4, -0.2) is 44.0 Å². The van der Waals surface area contributed by atoms with Gasteiger partial charge in [0.15, 0.2) is 0 Å². The standard InChI is InChI=1S/C16H20N2O3S.C3H8.C2H6/c1-12-15(6-5-13-4-3-9-17-16(12)13)22(19,20)18-10-7-14(21-2)8-11-18;1-3-2;1-2/h3-6,9,14H,7-8,10-11H2,1-2H3;3H2,1-2H3;1-2H3. The van der Waals surface area contributed by atoms with Gasteiger partial charge in [-0.15, -0.1) is 0 Å². The van der Waals surface area contributed by atoms with E-state index in [2.05, 4.69) is 18.8 Å². The Kier molecular flexibility index (Phi) is 9.91. The summed E-state index contributed by atoms with van der Waals surface area (Å²) in [5.74, 6) is 0. The molecule has 5 nitrogen and oxygen atoms in total. The second-order valence-corrected chi connectivity index (χ2v) is 8.22. The van der Waals surface area contributed by atoms with E-state index in [0.717, 1.165) is 23.7 Å². The minimum Gasteiger partial charge on any atom is -0.381 e. The van der Waals surface area contributed by atoms with E-state index >= 15 is 0 Å². The topological polar surface area (TPSA) is 59.5 Å². The van der Waals surface area contributed by atoms with Crippen molar-refractivity contribution >= 4 is 20.9 Å². The monoisotopic (exact) mass is 394 g/mol. The summed E-state index contributed by atoms with van der Waals surface area (Å²) >= 11 is 0. The predicted molar refractivity (Wildman–Crippen MR) is 113 cm³/mol. The van der Waals surface area contributed by atoms with Gasteiger partial charge < -0.3 is 4.74 Å². The number of methoxy groups -OCH3 is 1. The quantitative estimate of drug-likeness (QED) is 0.751. The Morgan fingerprint density at radius 2 is 1.74 bits per heavy atom. The minimum atomic E-state index is -3.48. The van der Waals surface area contributed by atoms with Gasteiger partial charge >= 0.3 is 0 Å². The highest BCUT2D eigenvalue weighted by Crippen LogP contribution is 2.28. The van der Waals surface area contributed by atoms with Crippen molar-refractivity contribution in [3.05, 3.63) is 36.0 Å². The SMILES string of the molecule is CC.CCC.COC1CCN(S(=O)(=O)c2ccc3cccnc3c2C)CC1. The zero-order chi connectivity index (χ0) is 20.4. The first kappa shape index (κ1) is 23.5. The van der Waals surface area contributed by atoms with Gasteiger partial charge in [-0.05, 0) is 37.5 Å². The maximum absolute atomic E-state index is 12.9. The Hall–Kier alpha value is -1.50. The fourth-order valence-electron chi connectivity index (χ4n) is 3.00. The van der Waals surface area contributed by atoms with Gasteiger partial charge in [0.05, 0.1) is 16.5 Å². The lowest BCUT2D eigenvalue weighted by molar-refractivity contribution is 0.0604. The Labute approximate surface area is 164 Å². The molecule has 0 saturated carbocycles. The molecule has 6 heteroatoms. The van der Waals surface area contributed by atoms with Crippen LogP contribution >= 0.6 is 0 Å². The Balaban J connectivity index is 0.000000665. The zero-order valence-electron chi connectivity index (χ0n) is 17.5. The molecule has 1 aromatic carbocycles. The van der Waals surface area contributed by atoms with Crippen molar-refractivity contribution in [1.82, 2.24) is 9.29 Å². The van der Waals surface area contributed by atoms with Crippen molar-refractivity contribution in [2.75, 3.05) is 20.2 Å². The third kappa shape index (κ3) is 5.74. The summed E-state index contributed by atoms with van der Waals surface area (Å²) in [6.45, 7) is 11.1. The van der Waals surface area contributed by atoms with Crippen LogP contribution in [0.2, 0.25) is 0 Å². The number of benzene rings is 1. The molecule has 1 saturated heterocycles. The van der Waals surface area contributed by atoms with E-state index in [0.29, 0.717) is 23.5 Å². The summed E-state index contributed by atoms with van der Waals surface area (Å²) in [4.78, 5) is 4.68. The van der Waals surface area contributed by atoms with E-state index in [1.807, 2.05) is 39.0 Å². The number of rotatable bonds is 3. The number of aromatic nitrogens is 1. The molecule has 0 atom stereocenters. The van der Waals surface area contributed by atoms with E-state index in [9.17, 15) is 8.42 Å². The predicted octanol–water partition coefficient (Wildman–Crippen LogP) is 4.79. The average Bonchev–Trinajstić information content (AvgIpc) is 2.70. The van der Waals surface area contributed by atoms with Crippen LogP contribution < -0.4 is 0 Å². The van der Waals surface area contributed by atoms with Gasteiger partial charge in [0.2, 0.25) is 10.0 Å². The molecule has 0 radical (unpaired) electrons. The number of pyridine rings is 1. The number of nitrogens with zero attached hydrogens (tertiary/aromatic N) is 2. The molecule has 3 rings (SSSR count). The number of ether oxygens (including phenoxy) is 1. The van der Waals surface area contributed by atoms with Crippen LogP contribution in [0, 0.1) is 6.92 Å². The molecule has 2 aromatic rings. The molecule has 1 aliphatic rings. The summed E-state index contributed by atoms with van der Waals surface area (Å²) in [6, 6.07) is 7.31. The highest BCUT2D eigenvalue weighted by atomic mass is 32.2. The van der Waals surface area contributed by atoms with Crippen molar-refractivity contribution in [2.45, 2.75) is 64.9 Å². The van der Waals surface area contributed by atoms with Crippen LogP contribution in [0.3, 0.4) is 0 Å². The van der Waals surface area contributed by atoms with Crippen LogP contribution in [0.1, 0.15) is 52.5 Å². The summed E-state index contributed by atoms with van der Waals surface area (Å²) in [7, 11) is -1.80. The van der Waals surface area contributed by atoms with Crippen molar-refractivity contribution in [2.24, 2.45) is 0 Å². The molecule has 2 heterocycles. The molecule has 1 fully saturated rings. The van der Waals surface area contributed by atoms with Gasteiger partial charge in [0, 0.05) is 31.8 Å². The molecule has 0 spiro atoms. The number of hydrogen-bond acceptors (Lipinski definition) is 4. The Bertz CT molecular complexity index is 798. The maximum Gasteiger partial charge on any atom is 0.243 e. The fraction of sp³-hybridized carbons (Fsp3) is 0.571. The van der Waals surface area contributed by atoms with Gasteiger partial charge in [-0.25, -0.2) is 8.42 Å². The third-order valence-electron chi connectivity index (χ3n) is 4.33. The fourth-order valence-corrected chi connectivity index (χ4v) is 4.69. The maximum atomic E-state index is 12.9. The van der Waals surface area contributed by atoms with Crippen LogP contribution in [0.4, 0.5) is 0 Å². The minimum absolute atomic E-state index is 0.158. The molecule has 0 bridgehead atoms. The van der Waals surface area contributed by atoms with Gasteiger partial charge in [0.1, 0.15) is 0 Å². The third-order valence-corrected chi connectivity index (χ3v) is 6.37. The van der Waals surface area contributed by atoms with Gasteiger partial charge in [-0.2, -0.15) is 4.31 Å². The molecule has 0 aliphatic carbocycles. The van der Waals surface area contributed by atoms with Gasteiger partial charge in [0.25, 0.3) is 0 Å². The largest absolute Gasteiger partial charge is 0.381 e. The Morgan fingerprint density at radius 1 is 1.15 bits per heavy atom. The average molecular weight is 395 g/mol. The molecule has 0 amide bonds. The second kappa shape index (κ2) is 11.4. The number of sulfonamides is 1. The first-order valence-electron chi connectivity index (χ1n) is 9.82. The lowest BCUT2D eigenvalue weighted by atomic mass is 10.1. The first-order valence-corrected chi connectivity index (χ1v) is 11.3. The van der Waals surface area contributed by atoms with Gasteiger partial charge in [-0.1, -0.05) is 46.2 Å². The van der Waals surface area contributed by atoms with Crippen LogP contribution in [0.5, 0.6) is 0 Å². The number of piperidine rings is 1. The normalized spacial score (nSPS) is 15.5. The number of aryl methyl sites for hydroxylation is 1. The molecule has 1 aromatic heterocycles. The molecular weight excluding hydrogens is 360 g/mol. The highest BCUT2D eigenvalue weighted by Gasteiger charge is 2.30. The highest BCUT2D eigenvalue weighted by molar-refractivity contribution is 7.89. The van der Waals surface area contributed by atoms with Crippen molar-refractivity contribution in [3.63, 3.8) is 0 Å². The van der Waals surface area contributed by atoms with Crippen LogP contribution in [0.25, 0.3) is 10.9 Å². The van der Waals surface area contributed by atoms with Gasteiger partial charge in [-0.3, -0.25) is 4.98 Å². The lowest BCUT2D eigenvalue weighted by Crippen LogP contribution is -2.40. The van der Waals surface area contributed by atoms with Crippen molar-refractivity contribution < 1.29 is 13.2 Å². The Morgan fingerprint density at radius 3 is 2.30 bits per heavy atom. The van der Waals surface area contributed by atoms with E-state index < -0.39 is 10.0 Å². The van der Waals surface area contributed by atoms with E-state index in [-0.39, 0.29) is 6.10 Å². The summed E-state index contributed by atoms with van der Waals surface area (Å²) in [5, 5.41) is 0.956. The summed E-state index contributed by atoms with van der Waals surface area (Å²) in [6.07, 6.45) is 4.57. The van der Waals surface area contributed by atoms with Crippen molar-refractivity contribution in [1.29, 1.82) is 0 Å². The summed E-state index contributed by atoms with van der Waals surface area (Å²) in [5.41, 5.74) is 1.46. The number of fused-ring (bicyclic) bond motifs is 1.